The molecule has 0 aliphatic carbocycles. The van der Waals surface area contributed by atoms with Gasteiger partial charge in [0.1, 0.15) is 23.2 Å². The zero-order valence-corrected chi connectivity index (χ0v) is 15.4. The van der Waals surface area contributed by atoms with Gasteiger partial charge in [-0.15, -0.1) is 0 Å². The van der Waals surface area contributed by atoms with Crippen molar-refractivity contribution in [2.45, 2.75) is 26.2 Å². The maximum atomic E-state index is 12.5. The van der Waals surface area contributed by atoms with Gasteiger partial charge in [0, 0.05) is 6.07 Å². The van der Waals surface area contributed by atoms with Crippen LogP contribution in [0.2, 0.25) is 0 Å². The fourth-order valence-electron chi connectivity index (χ4n) is 3.05. The van der Waals surface area contributed by atoms with E-state index < -0.39 is 11.5 Å². The molecule has 1 aliphatic rings. The summed E-state index contributed by atoms with van der Waals surface area (Å²) >= 11 is 0. The third-order valence-electron chi connectivity index (χ3n) is 4.24. The topological polar surface area (TPSA) is 108 Å². The quantitative estimate of drug-likeness (QED) is 0.864. The fraction of sp³-hybridized carbons (Fsp3) is 0.300. The first-order valence-electron chi connectivity index (χ1n) is 8.53. The van der Waals surface area contributed by atoms with E-state index in [4.69, 9.17) is 24.4 Å². The molecular weight excluding hydrogens is 348 g/mol. The fourth-order valence-corrected chi connectivity index (χ4v) is 3.05. The molecule has 3 rings (SSSR count). The lowest BCUT2D eigenvalue weighted by Crippen LogP contribution is -2.26. The maximum absolute atomic E-state index is 12.5. The molecule has 1 atom stereocenters. The minimum absolute atomic E-state index is 0.0368. The second-order valence-electron chi connectivity index (χ2n) is 6.11. The molecule has 2 heterocycles. The van der Waals surface area contributed by atoms with E-state index in [0.29, 0.717) is 29.4 Å². The normalized spacial score (nSPS) is 15.6. The number of rotatable bonds is 5. The van der Waals surface area contributed by atoms with Crippen molar-refractivity contribution in [3.8, 4) is 23.3 Å². The number of allylic oxidation sites excluding steroid dienone is 1. The monoisotopic (exact) mass is 368 g/mol. The first-order valence-corrected chi connectivity index (χ1v) is 8.53. The largest absolute Gasteiger partial charge is 0.493 e. The molecule has 0 saturated heterocycles. The van der Waals surface area contributed by atoms with Crippen LogP contribution in [0, 0.1) is 18.3 Å². The van der Waals surface area contributed by atoms with Gasteiger partial charge >= 0.3 is 5.63 Å². The molecule has 0 unspecified atom stereocenters. The van der Waals surface area contributed by atoms with Crippen LogP contribution >= 0.6 is 0 Å². The minimum Gasteiger partial charge on any atom is -0.493 e. The average molecular weight is 368 g/mol. The van der Waals surface area contributed by atoms with E-state index in [-0.39, 0.29) is 22.8 Å². The van der Waals surface area contributed by atoms with Crippen molar-refractivity contribution in [2.24, 2.45) is 5.73 Å². The molecule has 7 nitrogen and oxygen atoms in total. The third-order valence-corrected chi connectivity index (χ3v) is 4.24. The summed E-state index contributed by atoms with van der Waals surface area (Å²) in [6.07, 6.45) is 0.858. The Balaban J connectivity index is 2.18. The number of methoxy groups -OCH3 is 1. The number of hydrogen-bond acceptors (Lipinski definition) is 7. The van der Waals surface area contributed by atoms with Gasteiger partial charge in [0.2, 0.25) is 5.88 Å². The summed E-state index contributed by atoms with van der Waals surface area (Å²) in [5.74, 6) is 1.01. The lowest BCUT2D eigenvalue weighted by Gasteiger charge is -2.25. The van der Waals surface area contributed by atoms with Crippen molar-refractivity contribution >= 4 is 0 Å². The van der Waals surface area contributed by atoms with E-state index in [1.54, 1.807) is 31.2 Å². The van der Waals surface area contributed by atoms with Crippen LogP contribution in [-0.2, 0) is 0 Å². The Morgan fingerprint density at radius 3 is 2.74 bits per heavy atom. The number of nitrogens with two attached hydrogens (primary N) is 1. The highest BCUT2D eigenvalue weighted by Gasteiger charge is 2.34. The third kappa shape index (κ3) is 3.34. The van der Waals surface area contributed by atoms with Gasteiger partial charge in [-0.2, -0.15) is 5.26 Å². The van der Waals surface area contributed by atoms with E-state index in [0.717, 1.165) is 6.42 Å². The van der Waals surface area contributed by atoms with Crippen LogP contribution < -0.4 is 25.6 Å². The van der Waals surface area contributed by atoms with E-state index >= 15 is 0 Å². The summed E-state index contributed by atoms with van der Waals surface area (Å²) in [6, 6.07) is 8.89. The molecule has 27 heavy (non-hydrogen) atoms. The van der Waals surface area contributed by atoms with E-state index in [1.165, 1.54) is 7.11 Å². The van der Waals surface area contributed by atoms with Gasteiger partial charge < -0.3 is 24.4 Å². The van der Waals surface area contributed by atoms with Gasteiger partial charge in [-0.05, 0) is 31.0 Å². The van der Waals surface area contributed by atoms with Gasteiger partial charge in [-0.3, -0.25) is 0 Å². The van der Waals surface area contributed by atoms with Crippen molar-refractivity contribution in [2.75, 3.05) is 13.7 Å². The van der Waals surface area contributed by atoms with Gasteiger partial charge in [-0.1, -0.05) is 13.0 Å². The lowest BCUT2D eigenvalue weighted by atomic mass is 9.84. The van der Waals surface area contributed by atoms with Crippen molar-refractivity contribution < 1.29 is 18.6 Å². The zero-order chi connectivity index (χ0) is 19.6. The molecule has 1 aromatic heterocycles. The van der Waals surface area contributed by atoms with E-state index in [1.807, 2.05) is 13.0 Å². The molecule has 2 aromatic rings. The smallest absolute Gasteiger partial charge is 0.343 e. The molecule has 140 valence electrons. The summed E-state index contributed by atoms with van der Waals surface area (Å²) < 4.78 is 21.8. The second kappa shape index (κ2) is 7.46. The lowest BCUT2D eigenvalue weighted by molar-refractivity contribution is 0.294. The van der Waals surface area contributed by atoms with E-state index in [2.05, 4.69) is 0 Å². The predicted molar refractivity (Wildman–Crippen MR) is 97.8 cm³/mol. The predicted octanol–water partition coefficient (Wildman–Crippen LogP) is 2.96. The average Bonchev–Trinajstić information content (AvgIpc) is 2.64. The van der Waals surface area contributed by atoms with Crippen molar-refractivity contribution in [1.82, 2.24) is 0 Å². The van der Waals surface area contributed by atoms with Crippen LogP contribution in [0.3, 0.4) is 0 Å². The molecule has 0 radical (unpaired) electrons. The Labute approximate surface area is 156 Å². The summed E-state index contributed by atoms with van der Waals surface area (Å²) in [7, 11) is 1.53. The van der Waals surface area contributed by atoms with Crippen molar-refractivity contribution in [1.29, 1.82) is 5.26 Å². The van der Waals surface area contributed by atoms with Crippen LogP contribution in [0.25, 0.3) is 0 Å². The van der Waals surface area contributed by atoms with Gasteiger partial charge in [-0.25, -0.2) is 4.79 Å². The number of nitriles is 1. The molecular formula is C20H20N2O5. The Hall–Kier alpha value is -3.40. The van der Waals surface area contributed by atoms with E-state index in [9.17, 15) is 10.1 Å². The second-order valence-corrected chi connectivity index (χ2v) is 6.11. The molecule has 0 bridgehead atoms. The number of benzene rings is 1. The first-order chi connectivity index (χ1) is 13.0. The van der Waals surface area contributed by atoms with Crippen LogP contribution in [0.15, 0.2) is 44.9 Å². The Morgan fingerprint density at radius 2 is 2.07 bits per heavy atom. The van der Waals surface area contributed by atoms with Crippen LogP contribution in [0.4, 0.5) is 0 Å². The van der Waals surface area contributed by atoms with Crippen LogP contribution in [0.5, 0.6) is 17.2 Å². The summed E-state index contributed by atoms with van der Waals surface area (Å²) in [6.45, 7) is 4.20. The highest BCUT2D eigenvalue weighted by atomic mass is 16.5. The minimum atomic E-state index is -0.718. The standard InChI is InChI=1S/C20H20N2O5/c1-4-7-25-14-6-5-12(9-15(14)24-3)17-13(10-21)19(22)27-16-8-11(2)26-20(23)18(16)17/h5-6,8-9,17H,4,7,22H2,1-3H3/t17-/m0/s1. The highest BCUT2D eigenvalue weighted by molar-refractivity contribution is 5.57. The van der Waals surface area contributed by atoms with Gasteiger partial charge in [0.15, 0.2) is 11.5 Å². The summed E-state index contributed by atoms with van der Waals surface area (Å²) in [5.41, 5.74) is 6.40. The molecule has 0 saturated carbocycles. The number of nitrogens with zero attached hydrogens (tertiary/aromatic N) is 1. The van der Waals surface area contributed by atoms with Crippen molar-refractivity contribution in [3.05, 3.63) is 63.0 Å². The molecule has 0 spiro atoms. The molecule has 0 fully saturated rings. The number of aryl methyl sites for hydroxylation is 1. The SMILES string of the molecule is CCCOc1ccc([C@H]2C(C#N)=C(N)Oc3cc(C)oc(=O)c32)cc1OC. The van der Waals surface area contributed by atoms with Gasteiger partial charge in [0.25, 0.3) is 0 Å². The molecule has 0 amide bonds. The van der Waals surface area contributed by atoms with Crippen molar-refractivity contribution in [3.63, 3.8) is 0 Å². The molecule has 2 N–H and O–H groups in total. The summed E-state index contributed by atoms with van der Waals surface area (Å²) in [5, 5.41) is 9.61. The maximum Gasteiger partial charge on any atom is 0.343 e. The number of hydrogen-bond donors (Lipinski definition) is 1. The number of fused-ring (bicyclic) bond motifs is 1. The van der Waals surface area contributed by atoms with Crippen LogP contribution in [0.1, 0.15) is 36.1 Å². The molecule has 1 aliphatic heterocycles. The summed E-state index contributed by atoms with van der Waals surface area (Å²) in [4.78, 5) is 12.5. The first kappa shape index (κ1) is 18.4. The molecule has 1 aromatic carbocycles. The highest BCUT2D eigenvalue weighted by Crippen LogP contribution is 2.42. The number of ether oxygens (including phenoxy) is 3. The Morgan fingerprint density at radius 1 is 1.30 bits per heavy atom. The van der Waals surface area contributed by atoms with Gasteiger partial charge in [0.05, 0.1) is 25.2 Å². The Bertz CT molecular complexity index is 1000. The molecule has 7 heteroatoms. The zero-order valence-electron chi connectivity index (χ0n) is 15.4. The Kier molecular flexibility index (Phi) is 5.08. The van der Waals surface area contributed by atoms with Crippen LogP contribution in [-0.4, -0.2) is 13.7 Å².